The first-order valence-corrected chi connectivity index (χ1v) is 5.75. The molecule has 1 unspecified atom stereocenters. The van der Waals surface area contributed by atoms with Crippen molar-refractivity contribution in [2.24, 2.45) is 0 Å². The van der Waals surface area contributed by atoms with Crippen LogP contribution in [0, 0.1) is 11.3 Å². The molecule has 1 N–H and O–H groups in total. The third-order valence-electron chi connectivity index (χ3n) is 1.49. The van der Waals surface area contributed by atoms with Gasteiger partial charge in [0.05, 0.1) is 6.07 Å². The first kappa shape index (κ1) is 11.0. The van der Waals surface area contributed by atoms with E-state index in [2.05, 4.69) is 27.3 Å². The van der Waals surface area contributed by atoms with Crippen LogP contribution in [0.4, 0.5) is 0 Å². The van der Waals surface area contributed by atoms with Crippen molar-refractivity contribution >= 4 is 38.9 Å². The summed E-state index contributed by atoms with van der Waals surface area (Å²) in [6, 6.07) is 3.81. The van der Waals surface area contributed by atoms with Gasteiger partial charge in [0.2, 0.25) is 0 Å². The molecule has 0 saturated heterocycles. The predicted molar refractivity (Wildman–Crippen MR) is 59.1 cm³/mol. The maximum atomic E-state index is 8.85. The number of hydrogen-bond acceptors (Lipinski definition) is 3. The molecule has 0 amide bonds. The molecule has 0 aliphatic heterocycles. The molecule has 0 fully saturated rings. The van der Waals surface area contributed by atoms with E-state index in [9.17, 15) is 0 Å². The van der Waals surface area contributed by atoms with Gasteiger partial charge in [0.15, 0.2) is 0 Å². The SMILES string of the molecule is CCNC(C#N)c1cc(Br)c(Cl)s1. The molecule has 0 aliphatic rings. The Balaban J connectivity index is 2.87. The second kappa shape index (κ2) is 4.97. The Morgan fingerprint density at radius 1 is 1.85 bits per heavy atom. The summed E-state index contributed by atoms with van der Waals surface area (Å²) < 4.78 is 1.54. The fraction of sp³-hybridized carbons (Fsp3) is 0.375. The summed E-state index contributed by atoms with van der Waals surface area (Å²) in [6.45, 7) is 2.74. The highest BCUT2D eigenvalue weighted by Crippen LogP contribution is 2.34. The van der Waals surface area contributed by atoms with E-state index in [0.717, 1.165) is 15.9 Å². The van der Waals surface area contributed by atoms with Gasteiger partial charge >= 0.3 is 0 Å². The van der Waals surface area contributed by atoms with Crippen LogP contribution >= 0.6 is 38.9 Å². The zero-order valence-corrected chi connectivity index (χ0v) is 10.1. The van der Waals surface area contributed by atoms with E-state index in [-0.39, 0.29) is 6.04 Å². The Morgan fingerprint density at radius 3 is 2.92 bits per heavy atom. The van der Waals surface area contributed by atoms with Crippen molar-refractivity contribution in [1.82, 2.24) is 5.32 Å². The molecule has 0 bridgehead atoms. The molecule has 5 heteroatoms. The zero-order chi connectivity index (χ0) is 9.84. The fourth-order valence-electron chi connectivity index (χ4n) is 0.920. The molecule has 0 saturated carbocycles. The zero-order valence-electron chi connectivity index (χ0n) is 6.97. The van der Waals surface area contributed by atoms with Gasteiger partial charge in [-0.15, -0.1) is 11.3 Å². The van der Waals surface area contributed by atoms with Crippen molar-refractivity contribution in [2.45, 2.75) is 13.0 Å². The van der Waals surface area contributed by atoms with E-state index >= 15 is 0 Å². The van der Waals surface area contributed by atoms with Crippen LogP contribution in [-0.4, -0.2) is 6.54 Å². The van der Waals surface area contributed by atoms with Crippen LogP contribution in [0.5, 0.6) is 0 Å². The average molecular weight is 280 g/mol. The van der Waals surface area contributed by atoms with E-state index in [1.807, 2.05) is 13.0 Å². The Labute approximate surface area is 94.6 Å². The maximum absolute atomic E-state index is 8.85. The fourth-order valence-corrected chi connectivity index (χ4v) is 2.68. The van der Waals surface area contributed by atoms with Crippen LogP contribution in [0.3, 0.4) is 0 Å². The summed E-state index contributed by atoms with van der Waals surface area (Å²) in [5, 5.41) is 11.9. The summed E-state index contributed by atoms with van der Waals surface area (Å²) in [5.41, 5.74) is 0. The Morgan fingerprint density at radius 2 is 2.54 bits per heavy atom. The molecule has 0 aliphatic carbocycles. The van der Waals surface area contributed by atoms with E-state index in [1.54, 1.807) is 0 Å². The number of nitrogens with zero attached hydrogens (tertiary/aromatic N) is 1. The van der Waals surface area contributed by atoms with Gasteiger partial charge in [-0.3, -0.25) is 5.32 Å². The monoisotopic (exact) mass is 278 g/mol. The minimum Gasteiger partial charge on any atom is -0.298 e. The van der Waals surface area contributed by atoms with Gasteiger partial charge in [0.1, 0.15) is 10.4 Å². The molecule has 1 atom stereocenters. The lowest BCUT2D eigenvalue weighted by Crippen LogP contribution is -2.17. The third-order valence-corrected chi connectivity index (χ3v) is 4.03. The van der Waals surface area contributed by atoms with Crippen molar-refractivity contribution in [1.29, 1.82) is 5.26 Å². The van der Waals surface area contributed by atoms with Crippen LogP contribution in [0.15, 0.2) is 10.5 Å². The molecule has 70 valence electrons. The second-order valence-corrected chi connectivity index (χ2v) is 4.93. The summed E-state index contributed by atoms with van der Waals surface area (Å²) in [6.07, 6.45) is 0. The van der Waals surface area contributed by atoms with Crippen LogP contribution in [0.1, 0.15) is 17.8 Å². The van der Waals surface area contributed by atoms with Crippen molar-refractivity contribution in [3.8, 4) is 6.07 Å². The molecule has 1 aromatic heterocycles. The normalized spacial score (nSPS) is 12.5. The first-order chi connectivity index (χ1) is 6.19. The van der Waals surface area contributed by atoms with Crippen LogP contribution in [0.25, 0.3) is 0 Å². The van der Waals surface area contributed by atoms with E-state index < -0.39 is 0 Å². The Hall–Kier alpha value is -0.0800. The van der Waals surface area contributed by atoms with Gasteiger partial charge in [0, 0.05) is 9.35 Å². The quantitative estimate of drug-likeness (QED) is 0.921. The maximum Gasteiger partial charge on any atom is 0.130 e. The molecule has 0 aromatic carbocycles. The third kappa shape index (κ3) is 2.68. The predicted octanol–water partition coefficient (Wildman–Crippen LogP) is 3.34. The minimum absolute atomic E-state index is 0.251. The number of nitriles is 1. The molecule has 1 rings (SSSR count). The Bertz CT molecular complexity index is 312. The number of halogens is 2. The number of nitrogens with one attached hydrogen (secondary N) is 1. The molecule has 1 aromatic rings. The second-order valence-electron chi connectivity index (χ2n) is 2.39. The lowest BCUT2D eigenvalue weighted by molar-refractivity contribution is 0.667. The molecule has 1 heterocycles. The minimum atomic E-state index is -0.251. The van der Waals surface area contributed by atoms with Gasteiger partial charge < -0.3 is 0 Å². The van der Waals surface area contributed by atoms with Crippen LogP contribution in [-0.2, 0) is 0 Å². The average Bonchev–Trinajstić information content (AvgIpc) is 2.43. The van der Waals surface area contributed by atoms with E-state index in [1.165, 1.54) is 11.3 Å². The number of thiophene rings is 1. The smallest absolute Gasteiger partial charge is 0.130 e. The van der Waals surface area contributed by atoms with Gasteiger partial charge in [-0.25, -0.2) is 0 Å². The van der Waals surface area contributed by atoms with Crippen molar-refractivity contribution < 1.29 is 0 Å². The van der Waals surface area contributed by atoms with Crippen molar-refractivity contribution in [2.75, 3.05) is 6.54 Å². The van der Waals surface area contributed by atoms with Gasteiger partial charge in [-0.05, 0) is 28.5 Å². The molecular weight excluding hydrogens is 272 g/mol. The van der Waals surface area contributed by atoms with Gasteiger partial charge in [-0.2, -0.15) is 5.26 Å². The van der Waals surface area contributed by atoms with E-state index in [0.29, 0.717) is 4.34 Å². The topological polar surface area (TPSA) is 35.8 Å². The van der Waals surface area contributed by atoms with Gasteiger partial charge in [0.25, 0.3) is 0 Å². The summed E-state index contributed by atoms with van der Waals surface area (Å²) >= 11 is 10.6. The summed E-state index contributed by atoms with van der Waals surface area (Å²) in [5.74, 6) is 0. The number of hydrogen-bond donors (Lipinski definition) is 1. The highest BCUT2D eigenvalue weighted by molar-refractivity contribution is 9.10. The van der Waals surface area contributed by atoms with Crippen molar-refractivity contribution in [3.63, 3.8) is 0 Å². The first-order valence-electron chi connectivity index (χ1n) is 3.76. The molecule has 0 spiro atoms. The summed E-state index contributed by atoms with van der Waals surface area (Å²) in [7, 11) is 0. The van der Waals surface area contributed by atoms with Crippen LogP contribution < -0.4 is 5.32 Å². The standard InChI is InChI=1S/C8H8BrClN2S/c1-2-12-6(4-11)7-3-5(9)8(10)13-7/h3,6,12H,2H2,1H3. The van der Waals surface area contributed by atoms with Gasteiger partial charge in [-0.1, -0.05) is 18.5 Å². The number of rotatable bonds is 3. The summed E-state index contributed by atoms with van der Waals surface area (Å²) in [4.78, 5) is 0.946. The largest absolute Gasteiger partial charge is 0.298 e. The molecule has 13 heavy (non-hydrogen) atoms. The Kier molecular flexibility index (Phi) is 4.20. The molecule has 2 nitrogen and oxygen atoms in total. The lowest BCUT2D eigenvalue weighted by Gasteiger charge is -2.05. The van der Waals surface area contributed by atoms with E-state index in [4.69, 9.17) is 16.9 Å². The highest BCUT2D eigenvalue weighted by Gasteiger charge is 2.13. The molecular formula is C8H8BrClN2S. The lowest BCUT2D eigenvalue weighted by atomic mass is 10.3. The highest BCUT2D eigenvalue weighted by atomic mass is 79.9. The molecule has 0 radical (unpaired) electrons. The van der Waals surface area contributed by atoms with Crippen molar-refractivity contribution in [3.05, 3.63) is 19.8 Å². The van der Waals surface area contributed by atoms with Crippen LogP contribution in [0.2, 0.25) is 4.34 Å².